The quantitative estimate of drug-likeness (QED) is 0.337. The highest BCUT2D eigenvalue weighted by molar-refractivity contribution is 14.1. The SMILES string of the molecule is Oc1c(I)cc(I)c(F)c1I. The lowest BCUT2D eigenvalue weighted by molar-refractivity contribution is 0.459. The van der Waals surface area contributed by atoms with Crippen LogP contribution in [0, 0.1) is 16.5 Å². The van der Waals surface area contributed by atoms with E-state index in [1.807, 2.05) is 45.2 Å². The van der Waals surface area contributed by atoms with Crippen molar-refractivity contribution in [2.24, 2.45) is 0 Å². The topological polar surface area (TPSA) is 20.2 Å². The van der Waals surface area contributed by atoms with Gasteiger partial charge in [-0.2, -0.15) is 0 Å². The highest BCUT2D eigenvalue weighted by atomic mass is 127. The van der Waals surface area contributed by atoms with Crippen molar-refractivity contribution < 1.29 is 9.50 Å². The highest BCUT2D eigenvalue weighted by Gasteiger charge is 2.11. The fourth-order valence-corrected chi connectivity index (χ4v) is 3.93. The number of halogens is 4. The molecule has 0 unspecified atom stereocenters. The van der Waals surface area contributed by atoms with Gasteiger partial charge >= 0.3 is 0 Å². The fraction of sp³-hybridized carbons (Fsp3) is 0. The van der Waals surface area contributed by atoms with Gasteiger partial charge in [-0.3, -0.25) is 0 Å². The van der Waals surface area contributed by atoms with Crippen LogP contribution in [0.2, 0.25) is 0 Å². The molecule has 1 aromatic carbocycles. The molecule has 0 bridgehead atoms. The molecular weight excluding hydrogens is 488 g/mol. The second kappa shape index (κ2) is 3.90. The van der Waals surface area contributed by atoms with Crippen molar-refractivity contribution >= 4 is 67.8 Å². The van der Waals surface area contributed by atoms with Crippen LogP contribution in [0.1, 0.15) is 0 Å². The van der Waals surface area contributed by atoms with Gasteiger partial charge in [0.25, 0.3) is 0 Å². The molecule has 0 radical (unpaired) electrons. The van der Waals surface area contributed by atoms with E-state index in [4.69, 9.17) is 0 Å². The third-order valence-corrected chi connectivity index (χ3v) is 3.68. The van der Waals surface area contributed by atoms with Gasteiger partial charge in [0.05, 0.1) is 10.7 Å². The van der Waals surface area contributed by atoms with E-state index in [-0.39, 0.29) is 11.6 Å². The van der Waals surface area contributed by atoms with Gasteiger partial charge in [0, 0.05) is 0 Å². The fourth-order valence-electron chi connectivity index (χ4n) is 0.557. The summed E-state index contributed by atoms with van der Waals surface area (Å²) >= 11 is 5.65. The Labute approximate surface area is 104 Å². The number of benzene rings is 1. The standard InChI is InChI=1S/C6H2FI3O/c7-4-2(8)1-3(9)6(11)5(4)10/h1,11H. The molecular formula is C6H2FI3O. The average Bonchev–Trinajstić information content (AvgIpc) is 1.97. The molecule has 1 N–H and O–H groups in total. The summed E-state index contributed by atoms with van der Waals surface area (Å²) in [5, 5.41) is 9.25. The molecule has 0 heterocycles. The average molecular weight is 490 g/mol. The molecule has 0 aliphatic rings. The Kier molecular flexibility index (Phi) is 3.62. The molecule has 0 saturated heterocycles. The Hall–Kier alpha value is 1.14. The van der Waals surface area contributed by atoms with Crippen molar-refractivity contribution in [1.29, 1.82) is 0 Å². The number of hydrogen-bond acceptors (Lipinski definition) is 1. The zero-order valence-electron chi connectivity index (χ0n) is 5.04. The van der Waals surface area contributed by atoms with E-state index in [0.717, 1.165) is 0 Å². The van der Waals surface area contributed by atoms with Crippen molar-refractivity contribution in [2.75, 3.05) is 0 Å². The first kappa shape index (κ1) is 10.2. The summed E-state index contributed by atoms with van der Waals surface area (Å²) in [5.74, 6) is -0.312. The van der Waals surface area contributed by atoms with Gasteiger partial charge in [-0.05, 0) is 73.8 Å². The van der Waals surface area contributed by atoms with Gasteiger partial charge in [-0.25, -0.2) is 4.39 Å². The minimum atomic E-state index is -0.343. The molecule has 0 saturated carbocycles. The predicted octanol–water partition coefficient (Wildman–Crippen LogP) is 3.35. The van der Waals surface area contributed by atoms with Crippen LogP contribution >= 0.6 is 67.8 Å². The predicted molar refractivity (Wildman–Crippen MR) is 66.2 cm³/mol. The van der Waals surface area contributed by atoms with Gasteiger partial charge in [-0.1, -0.05) is 0 Å². The summed E-state index contributed by atoms with van der Waals surface area (Å²) < 4.78 is 14.5. The summed E-state index contributed by atoms with van der Waals surface area (Å²) in [7, 11) is 0. The third-order valence-electron chi connectivity index (χ3n) is 1.09. The van der Waals surface area contributed by atoms with E-state index in [9.17, 15) is 9.50 Å². The monoisotopic (exact) mass is 490 g/mol. The van der Waals surface area contributed by atoms with E-state index in [0.29, 0.717) is 10.7 Å². The Balaban J connectivity index is 3.46. The van der Waals surface area contributed by atoms with Crippen LogP contribution in [0.5, 0.6) is 5.75 Å². The van der Waals surface area contributed by atoms with Crippen molar-refractivity contribution in [3.8, 4) is 5.75 Å². The van der Waals surface area contributed by atoms with Crippen molar-refractivity contribution in [1.82, 2.24) is 0 Å². The van der Waals surface area contributed by atoms with Crippen LogP contribution in [0.4, 0.5) is 4.39 Å². The van der Waals surface area contributed by atoms with Crippen molar-refractivity contribution in [3.63, 3.8) is 0 Å². The summed E-state index contributed by atoms with van der Waals surface area (Å²) in [6, 6.07) is 1.61. The Morgan fingerprint density at radius 3 is 2.27 bits per heavy atom. The molecule has 0 fully saturated rings. The van der Waals surface area contributed by atoms with Crippen LogP contribution in [-0.4, -0.2) is 5.11 Å². The number of phenols is 1. The minimum Gasteiger partial charge on any atom is -0.506 e. The van der Waals surface area contributed by atoms with Gasteiger partial charge in [0.2, 0.25) is 0 Å². The first-order valence-electron chi connectivity index (χ1n) is 2.56. The summed E-state index contributed by atoms with van der Waals surface area (Å²) in [4.78, 5) is 0. The Bertz CT molecular complexity index is 274. The first-order chi connectivity index (χ1) is 5.04. The highest BCUT2D eigenvalue weighted by Crippen LogP contribution is 2.30. The molecule has 0 spiro atoms. The lowest BCUT2D eigenvalue weighted by Crippen LogP contribution is -1.90. The molecule has 0 amide bonds. The lowest BCUT2D eigenvalue weighted by atomic mass is 10.3. The van der Waals surface area contributed by atoms with Crippen LogP contribution in [-0.2, 0) is 0 Å². The zero-order chi connectivity index (χ0) is 8.59. The Morgan fingerprint density at radius 1 is 1.18 bits per heavy atom. The third kappa shape index (κ3) is 2.08. The van der Waals surface area contributed by atoms with Gasteiger partial charge < -0.3 is 5.11 Å². The smallest absolute Gasteiger partial charge is 0.153 e. The molecule has 11 heavy (non-hydrogen) atoms. The molecule has 1 rings (SSSR count). The Morgan fingerprint density at radius 2 is 1.73 bits per heavy atom. The van der Waals surface area contributed by atoms with E-state index in [2.05, 4.69) is 0 Å². The van der Waals surface area contributed by atoms with E-state index < -0.39 is 0 Å². The second-order valence-electron chi connectivity index (χ2n) is 1.82. The van der Waals surface area contributed by atoms with Crippen LogP contribution in [0.15, 0.2) is 6.07 Å². The van der Waals surface area contributed by atoms with Crippen LogP contribution in [0.25, 0.3) is 0 Å². The van der Waals surface area contributed by atoms with Crippen LogP contribution < -0.4 is 0 Å². The lowest BCUT2D eigenvalue weighted by Gasteiger charge is -2.02. The maximum Gasteiger partial charge on any atom is 0.153 e. The van der Waals surface area contributed by atoms with Gasteiger partial charge in [0.1, 0.15) is 5.75 Å². The summed E-state index contributed by atoms with van der Waals surface area (Å²) in [6.45, 7) is 0. The normalized spacial score (nSPS) is 10.2. The molecule has 1 nitrogen and oxygen atoms in total. The van der Waals surface area contributed by atoms with Crippen LogP contribution in [0.3, 0.4) is 0 Å². The van der Waals surface area contributed by atoms with E-state index in [1.54, 1.807) is 28.7 Å². The summed E-state index contributed by atoms with van der Waals surface area (Å²) in [5.41, 5.74) is 0. The largest absolute Gasteiger partial charge is 0.506 e. The maximum atomic E-state index is 13.0. The van der Waals surface area contributed by atoms with Gasteiger partial charge in [0.15, 0.2) is 5.82 Å². The van der Waals surface area contributed by atoms with Crippen molar-refractivity contribution in [3.05, 3.63) is 22.6 Å². The maximum absolute atomic E-state index is 13.0. The number of rotatable bonds is 0. The van der Waals surface area contributed by atoms with Crippen molar-refractivity contribution in [2.45, 2.75) is 0 Å². The number of aromatic hydroxyl groups is 1. The summed E-state index contributed by atoms with van der Waals surface area (Å²) in [6.07, 6.45) is 0. The van der Waals surface area contributed by atoms with E-state index in [1.165, 1.54) is 0 Å². The molecule has 0 aliphatic carbocycles. The number of phenolic OH excluding ortho intramolecular Hbond substituents is 1. The van der Waals surface area contributed by atoms with Gasteiger partial charge in [-0.15, -0.1) is 0 Å². The molecule has 1 aromatic rings. The zero-order valence-corrected chi connectivity index (χ0v) is 11.5. The second-order valence-corrected chi connectivity index (χ2v) is 5.22. The molecule has 5 heteroatoms. The molecule has 0 aromatic heterocycles. The molecule has 0 aliphatic heterocycles. The minimum absolute atomic E-state index is 0.0316. The number of hydrogen-bond donors (Lipinski definition) is 1. The van der Waals surface area contributed by atoms with E-state index >= 15 is 0 Å². The molecule has 60 valence electrons. The molecule has 0 atom stereocenters. The first-order valence-corrected chi connectivity index (χ1v) is 5.79.